The van der Waals surface area contributed by atoms with Crippen molar-refractivity contribution >= 4 is 68.9 Å². The number of phenols is 1. The summed E-state index contributed by atoms with van der Waals surface area (Å²) in [5, 5.41) is 32.5. The average Bonchev–Trinajstić information content (AvgIpc) is 3.77. The fourth-order valence-corrected chi connectivity index (χ4v) is 10.2. The number of imide groups is 1. The highest BCUT2D eigenvalue weighted by molar-refractivity contribution is 7.22. The third kappa shape index (κ3) is 7.37. The van der Waals surface area contributed by atoms with Crippen LogP contribution in [0.25, 0.3) is 20.5 Å². The molecule has 5 aromatic rings. The molecule has 9 rings (SSSR count). The molecule has 14 heteroatoms. The molecule has 0 radical (unpaired) electrons. The van der Waals surface area contributed by atoms with Gasteiger partial charge in [-0.05, 0) is 102 Å². The van der Waals surface area contributed by atoms with E-state index < -0.39 is 19.1 Å². The first-order valence-corrected chi connectivity index (χ1v) is 20.8. The number of rotatable bonds is 9. The number of nitrogens with one attached hydrogen (secondary N) is 1. The van der Waals surface area contributed by atoms with Crippen molar-refractivity contribution in [2.45, 2.75) is 38.3 Å². The standard InChI is InChI=1S/C44H44BN5O7S/c51-34-10-12-36-38(24-34)58-42(29-1-5-31(6-2-29)45(56)57)40(36)41(53)28-3-7-32(8-4-28)48-17-15-27(16-18-48)25-47-19-21-49(22-20-47)33-9-11-35-30(23-33)26-50(44(35)55)37-13-14-39(52)46-43(37)54/h1-12,23-24,27,37,51,56-57H,13-22,25-26H2,(H,46,52,54). The Hall–Kier alpha value is -5.54. The van der Waals surface area contributed by atoms with Crippen molar-refractivity contribution in [3.8, 4) is 16.2 Å². The summed E-state index contributed by atoms with van der Waals surface area (Å²) in [5.41, 5.74) is 6.05. The van der Waals surface area contributed by atoms with Gasteiger partial charge in [0.1, 0.15) is 11.8 Å². The third-order valence-electron chi connectivity index (χ3n) is 12.2. The van der Waals surface area contributed by atoms with Crippen LogP contribution in [0.3, 0.4) is 0 Å². The van der Waals surface area contributed by atoms with E-state index in [4.69, 9.17) is 0 Å². The van der Waals surface area contributed by atoms with Crippen molar-refractivity contribution in [1.29, 1.82) is 0 Å². The number of thiophene rings is 1. The number of hydrogen-bond acceptors (Lipinski definition) is 11. The molecule has 5 heterocycles. The predicted octanol–water partition coefficient (Wildman–Crippen LogP) is 3.98. The van der Waals surface area contributed by atoms with Crippen molar-refractivity contribution in [1.82, 2.24) is 15.1 Å². The molecule has 4 aromatic carbocycles. The third-order valence-corrected chi connectivity index (χ3v) is 13.4. The van der Waals surface area contributed by atoms with Gasteiger partial charge in [0.25, 0.3) is 5.91 Å². The number of ketones is 1. The maximum atomic E-state index is 14.1. The van der Waals surface area contributed by atoms with E-state index >= 15 is 0 Å². The normalized spacial score (nSPS) is 19.2. The van der Waals surface area contributed by atoms with Crippen LogP contribution in [0.4, 0.5) is 11.4 Å². The first kappa shape index (κ1) is 38.0. The Kier molecular flexibility index (Phi) is 10.3. The molecular weight excluding hydrogens is 753 g/mol. The minimum Gasteiger partial charge on any atom is -0.508 e. The number of fused-ring (bicyclic) bond motifs is 2. The molecule has 12 nitrogen and oxygen atoms in total. The van der Waals surface area contributed by atoms with Crippen LogP contribution in [-0.4, -0.2) is 107 Å². The maximum Gasteiger partial charge on any atom is 0.488 e. The van der Waals surface area contributed by atoms with Crippen LogP contribution in [0.15, 0.2) is 84.9 Å². The Morgan fingerprint density at radius 3 is 2.21 bits per heavy atom. The molecule has 3 saturated heterocycles. The van der Waals surface area contributed by atoms with E-state index in [-0.39, 0.29) is 29.8 Å². The average molecular weight is 798 g/mol. The zero-order valence-electron chi connectivity index (χ0n) is 32.0. The lowest BCUT2D eigenvalue weighted by atomic mass is 9.80. The lowest BCUT2D eigenvalue weighted by molar-refractivity contribution is -0.136. The smallest absolute Gasteiger partial charge is 0.488 e. The zero-order chi connectivity index (χ0) is 40.1. The van der Waals surface area contributed by atoms with Gasteiger partial charge in [0.15, 0.2) is 5.78 Å². The molecule has 3 fully saturated rings. The van der Waals surface area contributed by atoms with E-state index in [1.54, 1.807) is 47.4 Å². The Morgan fingerprint density at radius 2 is 1.50 bits per heavy atom. The van der Waals surface area contributed by atoms with E-state index in [9.17, 15) is 34.3 Å². The van der Waals surface area contributed by atoms with E-state index in [0.717, 1.165) is 96.1 Å². The topological polar surface area (TPSA) is 154 Å². The second-order valence-corrected chi connectivity index (χ2v) is 16.9. The second-order valence-electron chi connectivity index (χ2n) is 15.8. The van der Waals surface area contributed by atoms with E-state index in [1.165, 1.54) is 11.3 Å². The summed E-state index contributed by atoms with van der Waals surface area (Å²) in [4.78, 5) is 61.1. The van der Waals surface area contributed by atoms with Crippen molar-refractivity contribution in [3.05, 3.63) is 107 Å². The summed E-state index contributed by atoms with van der Waals surface area (Å²) in [6.07, 6.45) is 2.78. The lowest BCUT2D eigenvalue weighted by Gasteiger charge is -2.40. The van der Waals surface area contributed by atoms with Gasteiger partial charge >= 0.3 is 7.12 Å². The fraction of sp³-hybridized carbons (Fsp3) is 0.318. The van der Waals surface area contributed by atoms with Gasteiger partial charge in [0.05, 0.1) is 0 Å². The zero-order valence-corrected chi connectivity index (χ0v) is 32.8. The van der Waals surface area contributed by atoms with Crippen LogP contribution in [0.1, 0.15) is 57.5 Å². The number of aromatic hydroxyl groups is 1. The number of benzene rings is 4. The number of phenolic OH excluding ortho intramolecular Hbond substituents is 1. The summed E-state index contributed by atoms with van der Waals surface area (Å²) in [6.45, 7) is 7.07. The van der Waals surface area contributed by atoms with Crippen LogP contribution in [-0.2, 0) is 16.1 Å². The van der Waals surface area contributed by atoms with Crippen molar-refractivity contribution in [2.75, 3.05) is 55.6 Å². The molecule has 0 bridgehead atoms. The van der Waals surface area contributed by atoms with E-state index in [0.29, 0.717) is 41.0 Å². The molecule has 0 spiro atoms. The van der Waals surface area contributed by atoms with E-state index in [1.807, 2.05) is 36.4 Å². The lowest BCUT2D eigenvalue weighted by Crippen LogP contribution is -2.52. The molecule has 0 aliphatic carbocycles. The van der Waals surface area contributed by atoms with Crippen LogP contribution in [0, 0.1) is 5.92 Å². The number of amides is 3. The van der Waals surface area contributed by atoms with Gasteiger partial charge in [0.2, 0.25) is 11.8 Å². The maximum absolute atomic E-state index is 14.1. The molecular formula is C44H44BN5O7S. The van der Waals surface area contributed by atoms with Gasteiger partial charge in [-0.3, -0.25) is 29.4 Å². The van der Waals surface area contributed by atoms with Crippen LogP contribution < -0.4 is 20.6 Å². The number of hydrogen-bond donors (Lipinski definition) is 4. The van der Waals surface area contributed by atoms with Gasteiger partial charge in [0, 0.05) is 102 Å². The van der Waals surface area contributed by atoms with Gasteiger partial charge in [-0.15, -0.1) is 11.3 Å². The monoisotopic (exact) mass is 797 g/mol. The summed E-state index contributed by atoms with van der Waals surface area (Å²) < 4.78 is 0.797. The fourth-order valence-electron chi connectivity index (χ4n) is 8.97. The number of nitrogens with zero attached hydrogens (tertiary/aromatic N) is 4. The Morgan fingerprint density at radius 1 is 0.793 bits per heavy atom. The quantitative estimate of drug-likeness (QED) is 0.0979. The number of carbonyl (C=O) groups excluding carboxylic acids is 4. The SMILES string of the molecule is O=C1CCC(N2Cc3cc(N4CCN(CC5CCN(c6ccc(C(=O)c7c(-c8ccc(B(O)O)cc8)sc8cc(O)ccc78)cc6)CC5)CC4)ccc3C2=O)C(=O)N1. The van der Waals surface area contributed by atoms with Crippen LogP contribution in [0.2, 0.25) is 0 Å². The first-order valence-electron chi connectivity index (χ1n) is 20.0. The predicted molar refractivity (Wildman–Crippen MR) is 225 cm³/mol. The van der Waals surface area contributed by atoms with Gasteiger partial charge in [-0.25, -0.2) is 0 Å². The van der Waals surface area contributed by atoms with Crippen molar-refractivity contribution < 1.29 is 34.3 Å². The van der Waals surface area contributed by atoms with Gasteiger partial charge in [-0.1, -0.05) is 24.3 Å². The van der Waals surface area contributed by atoms with Crippen LogP contribution in [0.5, 0.6) is 5.75 Å². The molecule has 4 N–H and O–H groups in total. The first-order chi connectivity index (χ1) is 28.1. The van der Waals surface area contributed by atoms with Crippen molar-refractivity contribution in [3.63, 3.8) is 0 Å². The molecule has 296 valence electrons. The molecule has 4 aliphatic heterocycles. The Labute approximate surface area is 340 Å². The van der Waals surface area contributed by atoms with E-state index in [2.05, 4.69) is 26.1 Å². The molecule has 58 heavy (non-hydrogen) atoms. The summed E-state index contributed by atoms with van der Waals surface area (Å²) in [7, 11) is -1.58. The minimum atomic E-state index is -1.58. The molecule has 4 aliphatic rings. The number of piperidine rings is 2. The summed E-state index contributed by atoms with van der Waals surface area (Å²) in [6, 6.07) is 25.1. The minimum absolute atomic E-state index is 0.105. The highest BCUT2D eigenvalue weighted by Gasteiger charge is 2.39. The summed E-state index contributed by atoms with van der Waals surface area (Å²) in [5.74, 6) is -0.197. The van der Waals surface area contributed by atoms with Crippen molar-refractivity contribution in [2.24, 2.45) is 5.92 Å². The largest absolute Gasteiger partial charge is 0.508 e. The number of piperazine rings is 1. The van der Waals surface area contributed by atoms with Gasteiger partial charge < -0.3 is 29.9 Å². The molecule has 3 amide bonds. The molecule has 1 unspecified atom stereocenters. The van der Waals surface area contributed by atoms with Gasteiger partial charge in [-0.2, -0.15) is 0 Å². The number of anilines is 2. The Bertz CT molecular complexity index is 2400. The highest BCUT2D eigenvalue weighted by atomic mass is 32.1. The molecule has 1 atom stereocenters. The summed E-state index contributed by atoms with van der Waals surface area (Å²) >= 11 is 1.42. The van der Waals surface area contributed by atoms with Crippen LogP contribution >= 0.6 is 11.3 Å². The highest BCUT2D eigenvalue weighted by Crippen LogP contribution is 2.41. The Balaban J connectivity index is 0.786. The molecule has 0 saturated carbocycles. The number of carbonyl (C=O) groups is 4. The second kappa shape index (κ2) is 15.7. The molecule has 1 aromatic heterocycles.